The zero-order valence-electron chi connectivity index (χ0n) is 13.3. The van der Waals surface area contributed by atoms with Gasteiger partial charge in [0, 0.05) is 17.2 Å². The van der Waals surface area contributed by atoms with Gasteiger partial charge in [0.1, 0.15) is 11.5 Å². The van der Waals surface area contributed by atoms with E-state index in [-0.39, 0.29) is 30.6 Å². The molecule has 0 saturated carbocycles. The number of rotatable bonds is 5. The number of ketones is 1. The van der Waals surface area contributed by atoms with Gasteiger partial charge in [-0.05, 0) is 37.3 Å². The lowest BCUT2D eigenvalue weighted by Gasteiger charge is -2.18. The molecule has 0 saturated heterocycles. The maximum Gasteiger partial charge on any atom is 0.272 e. The van der Waals surface area contributed by atoms with E-state index in [1.807, 2.05) is 0 Å². The fourth-order valence-corrected chi connectivity index (χ4v) is 2.41. The molecule has 0 atom stereocenters. The van der Waals surface area contributed by atoms with Gasteiger partial charge in [-0.25, -0.2) is 0 Å². The highest BCUT2D eigenvalue weighted by Crippen LogP contribution is 2.29. The van der Waals surface area contributed by atoms with Crippen LogP contribution in [-0.4, -0.2) is 29.8 Å². The summed E-state index contributed by atoms with van der Waals surface area (Å²) in [7, 11) is 0. The van der Waals surface area contributed by atoms with Crippen molar-refractivity contribution in [2.75, 3.05) is 18.5 Å². The Morgan fingerprint density at radius 1 is 1.32 bits per heavy atom. The van der Waals surface area contributed by atoms with Gasteiger partial charge in [-0.15, -0.1) is 0 Å². The number of amides is 1. The average molecular weight is 342 g/mol. The van der Waals surface area contributed by atoms with Crippen LogP contribution >= 0.6 is 0 Å². The Hall–Kier alpha value is -3.42. The summed E-state index contributed by atoms with van der Waals surface area (Å²) in [4.78, 5) is 33.9. The zero-order chi connectivity index (χ0) is 18.0. The minimum absolute atomic E-state index is 0.0101. The fourth-order valence-electron chi connectivity index (χ4n) is 2.41. The van der Waals surface area contributed by atoms with Gasteiger partial charge in [0.15, 0.2) is 19.0 Å². The number of nitrogens with zero attached hydrogens (tertiary/aromatic N) is 1. The highest BCUT2D eigenvalue weighted by molar-refractivity contribution is 6.01. The molecule has 0 fully saturated rings. The molecule has 2 aromatic rings. The molecule has 1 amide bonds. The first-order valence-corrected chi connectivity index (χ1v) is 7.42. The van der Waals surface area contributed by atoms with E-state index in [9.17, 15) is 19.7 Å². The summed E-state index contributed by atoms with van der Waals surface area (Å²) in [5.74, 6) is 0.294. The van der Waals surface area contributed by atoms with Crippen LogP contribution in [-0.2, 0) is 4.79 Å². The van der Waals surface area contributed by atoms with Crippen molar-refractivity contribution < 1.29 is 24.0 Å². The van der Waals surface area contributed by atoms with Crippen molar-refractivity contribution >= 4 is 23.1 Å². The zero-order valence-corrected chi connectivity index (χ0v) is 13.3. The quantitative estimate of drug-likeness (QED) is 0.508. The number of hydrogen-bond donors (Lipinski definition) is 1. The van der Waals surface area contributed by atoms with E-state index in [2.05, 4.69) is 5.32 Å². The maximum atomic E-state index is 12.3. The molecule has 2 aromatic carbocycles. The molecule has 25 heavy (non-hydrogen) atoms. The number of hydrogen-bond acceptors (Lipinski definition) is 6. The lowest BCUT2D eigenvalue weighted by molar-refractivity contribution is -0.385. The average Bonchev–Trinajstić information content (AvgIpc) is 2.58. The van der Waals surface area contributed by atoms with Crippen LogP contribution in [0.3, 0.4) is 0 Å². The minimum atomic E-state index is -0.478. The molecule has 1 heterocycles. The number of nitrogens with one attached hydrogen (secondary N) is 1. The third-order valence-corrected chi connectivity index (χ3v) is 3.67. The van der Waals surface area contributed by atoms with Gasteiger partial charge >= 0.3 is 0 Å². The van der Waals surface area contributed by atoms with Crippen LogP contribution in [0.2, 0.25) is 0 Å². The molecule has 0 bridgehead atoms. The molecule has 8 nitrogen and oxygen atoms in total. The first kappa shape index (κ1) is 16.4. The van der Waals surface area contributed by atoms with Gasteiger partial charge in [-0.2, -0.15) is 0 Å². The first-order valence-electron chi connectivity index (χ1n) is 7.42. The number of nitro groups is 1. The van der Waals surface area contributed by atoms with E-state index in [1.54, 1.807) is 19.1 Å². The van der Waals surface area contributed by atoms with Crippen LogP contribution in [0.4, 0.5) is 11.4 Å². The Kier molecular flexibility index (Phi) is 4.34. The Labute approximate surface area is 142 Å². The summed E-state index contributed by atoms with van der Waals surface area (Å²) in [5.41, 5.74) is 1.24. The third-order valence-electron chi connectivity index (χ3n) is 3.67. The van der Waals surface area contributed by atoms with Gasteiger partial charge < -0.3 is 14.8 Å². The van der Waals surface area contributed by atoms with Gasteiger partial charge in [-0.1, -0.05) is 0 Å². The highest BCUT2D eigenvalue weighted by atomic mass is 16.6. The van der Waals surface area contributed by atoms with Crippen LogP contribution in [0.5, 0.6) is 11.5 Å². The Morgan fingerprint density at radius 2 is 2.12 bits per heavy atom. The van der Waals surface area contributed by atoms with E-state index in [0.29, 0.717) is 28.3 Å². The summed E-state index contributed by atoms with van der Waals surface area (Å²) in [6.07, 6.45) is 0. The van der Waals surface area contributed by atoms with E-state index in [0.717, 1.165) is 0 Å². The predicted octanol–water partition coefficient (Wildman–Crippen LogP) is 2.50. The topological polar surface area (TPSA) is 108 Å². The molecule has 0 unspecified atom stereocenters. The molecule has 0 aromatic heterocycles. The third kappa shape index (κ3) is 3.57. The molecule has 1 aliphatic heterocycles. The highest BCUT2D eigenvalue weighted by Gasteiger charge is 2.18. The second-order valence-electron chi connectivity index (χ2n) is 5.47. The van der Waals surface area contributed by atoms with Crippen LogP contribution in [0.25, 0.3) is 0 Å². The normalized spacial score (nSPS) is 12.6. The van der Waals surface area contributed by atoms with Gasteiger partial charge in [0.2, 0.25) is 0 Å². The molecule has 128 valence electrons. The molecule has 1 aliphatic rings. The second kappa shape index (κ2) is 6.60. The molecular weight excluding hydrogens is 328 g/mol. The standard InChI is InChI=1S/C17H14N2O6/c1-10-6-12(3-4-14(10)19(22)23)24-8-15(20)11-2-5-16-13(7-11)18-17(21)9-25-16/h2-7H,8-9H2,1H3,(H,18,21). The van der Waals surface area contributed by atoms with E-state index in [4.69, 9.17) is 9.47 Å². The van der Waals surface area contributed by atoms with Crippen LogP contribution in [0.15, 0.2) is 36.4 Å². The van der Waals surface area contributed by atoms with Crippen LogP contribution < -0.4 is 14.8 Å². The Balaban J connectivity index is 1.69. The number of aryl methyl sites for hydroxylation is 1. The van der Waals surface area contributed by atoms with Crippen molar-refractivity contribution in [2.45, 2.75) is 6.92 Å². The van der Waals surface area contributed by atoms with Crippen molar-refractivity contribution in [1.29, 1.82) is 0 Å². The Morgan fingerprint density at radius 3 is 2.84 bits per heavy atom. The van der Waals surface area contributed by atoms with Gasteiger partial charge in [0.05, 0.1) is 10.6 Å². The number of fused-ring (bicyclic) bond motifs is 1. The van der Waals surface area contributed by atoms with Crippen LogP contribution in [0, 0.1) is 17.0 Å². The number of ether oxygens (including phenoxy) is 2. The van der Waals surface area contributed by atoms with E-state index < -0.39 is 4.92 Å². The van der Waals surface area contributed by atoms with E-state index >= 15 is 0 Å². The number of nitro benzene ring substituents is 1. The van der Waals surface area contributed by atoms with E-state index in [1.165, 1.54) is 24.3 Å². The monoisotopic (exact) mass is 342 g/mol. The molecule has 8 heteroatoms. The minimum Gasteiger partial charge on any atom is -0.485 e. The second-order valence-corrected chi connectivity index (χ2v) is 5.47. The molecule has 0 radical (unpaired) electrons. The Bertz CT molecular complexity index is 877. The number of Topliss-reactive ketones (excluding diaryl/α,β-unsaturated/α-hetero) is 1. The van der Waals surface area contributed by atoms with Crippen LogP contribution in [0.1, 0.15) is 15.9 Å². The fraction of sp³-hybridized carbons (Fsp3) is 0.176. The molecule has 1 N–H and O–H groups in total. The molecular formula is C17H14N2O6. The summed E-state index contributed by atoms with van der Waals surface area (Å²) < 4.78 is 10.6. The molecule has 0 aliphatic carbocycles. The lowest BCUT2D eigenvalue weighted by Crippen LogP contribution is -2.25. The molecule has 0 spiro atoms. The van der Waals surface area contributed by atoms with Crippen molar-refractivity contribution in [3.05, 3.63) is 57.6 Å². The maximum absolute atomic E-state index is 12.3. The lowest BCUT2D eigenvalue weighted by atomic mass is 10.1. The summed E-state index contributed by atoms with van der Waals surface area (Å²) >= 11 is 0. The van der Waals surface area contributed by atoms with Crippen molar-refractivity contribution in [2.24, 2.45) is 0 Å². The van der Waals surface area contributed by atoms with Crippen molar-refractivity contribution in [3.8, 4) is 11.5 Å². The SMILES string of the molecule is Cc1cc(OCC(=O)c2ccc3c(c2)NC(=O)CO3)ccc1[N+](=O)[O-]. The largest absolute Gasteiger partial charge is 0.485 e. The number of carbonyl (C=O) groups is 2. The first-order chi connectivity index (χ1) is 11.9. The summed E-state index contributed by atoms with van der Waals surface area (Å²) in [6.45, 7) is 1.31. The molecule has 3 rings (SSSR count). The summed E-state index contributed by atoms with van der Waals surface area (Å²) in [5, 5.41) is 13.4. The number of benzene rings is 2. The predicted molar refractivity (Wildman–Crippen MR) is 88.2 cm³/mol. The van der Waals surface area contributed by atoms with Crippen molar-refractivity contribution in [3.63, 3.8) is 0 Å². The number of carbonyl (C=O) groups excluding carboxylic acids is 2. The van der Waals surface area contributed by atoms with Crippen molar-refractivity contribution in [1.82, 2.24) is 0 Å². The smallest absolute Gasteiger partial charge is 0.272 e. The number of anilines is 1. The van der Waals surface area contributed by atoms with Gasteiger partial charge in [0.25, 0.3) is 11.6 Å². The summed E-state index contributed by atoms with van der Waals surface area (Å²) in [6, 6.07) is 9.01. The van der Waals surface area contributed by atoms with Gasteiger partial charge in [-0.3, -0.25) is 19.7 Å².